The van der Waals surface area contributed by atoms with Crippen molar-refractivity contribution in [2.24, 2.45) is 11.1 Å². The first-order valence-electron chi connectivity index (χ1n) is 14.2. The fraction of sp³-hybridized carbons (Fsp3) is 0.414. The summed E-state index contributed by atoms with van der Waals surface area (Å²) in [7, 11) is 0. The van der Waals surface area contributed by atoms with Crippen LogP contribution in [0, 0.1) is 15.5 Å². The maximum Gasteiger partial charge on any atom is 0.514 e. The molecule has 3 rings (SSSR count). The summed E-state index contributed by atoms with van der Waals surface area (Å²) >= 11 is 0. The SMILES string of the molecule is CCNC(=O)C1(C(=O)N[C@@H](CCCNC(N)=O)C(=O)Nc2ccc(COC(=O)Oc3ccc([N+](=O)[O-])cc3)cc2)CCCC1. The first-order valence-corrected chi connectivity index (χ1v) is 14.2. The number of non-ortho nitro benzene ring substituents is 1. The average Bonchev–Trinajstić information content (AvgIpc) is 3.50. The Bertz CT molecular complexity index is 1340. The topological polar surface area (TPSA) is 221 Å². The van der Waals surface area contributed by atoms with E-state index in [9.17, 15) is 34.1 Å². The minimum atomic E-state index is -1.25. The molecule has 1 aliphatic carbocycles. The van der Waals surface area contributed by atoms with Gasteiger partial charge in [0, 0.05) is 30.9 Å². The molecule has 6 N–H and O–H groups in total. The first kappa shape index (κ1) is 33.3. The highest BCUT2D eigenvalue weighted by Gasteiger charge is 2.48. The van der Waals surface area contributed by atoms with Gasteiger partial charge in [-0.2, -0.15) is 0 Å². The Morgan fingerprint density at radius 2 is 1.64 bits per heavy atom. The molecule has 1 aliphatic rings. The molecule has 0 radical (unpaired) electrons. The van der Waals surface area contributed by atoms with Gasteiger partial charge in [0.1, 0.15) is 23.8 Å². The average molecular weight is 613 g/mol. The van der Waals surface area contributed by atoms with Gasteiger partial charge in [-0.25, -0.2) is 9.59 Å². The van der Waals surface area contributed by atoms with E-state index in [1.807, 2.05) is 0 Å². The van der Waals surface area contributed by atoms with E-state index >= 15 is 0 Å². The van der Waals surface area contributed by atoms with Crippen LogP contribution in [0.25, 0.3) is 0 Å². The Kier molecular flexibility index (Phi) is 12.0. The molecule has 2 aromatic carbocycles. The highest BCUT2D eigenvalue weighted by Crippen LogP contribution is 2.39. The van der Waals surface area contributed by atoms with Gasteiger partial charge >= 0.3 is 12.2 Å². The number of carbonyl (C=O) groups is 5. The van der Waals surface area contributed by atoms with Crippen LogP contribution in [-0.2, 0) is 25.7 Å². The third-order valence-electron chi connectivity index (χ3n) is 7.08. The van der Waals surface area contributed by atoms with E-state index in [0.29, 0.717) is 37.1 Å². The van der Waals surface area contributed by atoms with Crippen LogP contribution in [0.5, 0.6) is 5.75 Å². The van der Waals surface area contributed by atoms with Gasteiger partial charge in [0.2, 0.25) is 17.7 Å². The monoisotopic (exact) mass is 612 g/mol. The number of hydrogen-bond donors (Lipinski definition) is 5. The summed E-state index contributed by atoms with van der Waals surface area (Å²) in [5.74, 6) is -1.32. The molecular weight excluding hydrogens is 576 g/mol. The number of rotatable bonds is 14. The number of ether oxygens (including phenoxy) is 2. The van der Waals surface area contributed by atoms with Crippen molar-refractivity contribution in [1.29, 1.82) is 0 Å². The fourth-order valence-electron chi connectivity index (χ4n) is 4.77. The molecule has 0 saturated heterocycles. The molecule has 0 unspecified atom stereocenters. The number of nitrogens with zero attached hydrogens (tertiary/aromatic N) is 1. The van der Waals surface area contributed by atoms with Crippen LogP contribution in [0.3, 0.4) is 0 Å². The molecule has 5 amide bonds. The van der Waals surface area contributed by atoms with Crippen LogP contribution < -0.4 is 31.7 Å². The summed E-state index contributed by atoms with van der Waals surface area (Å²) in [5, 5.41) is 21.4. The molecule has 1 atom stereocenters. The van der Waals surface area contributed by atoms with E-state index in [1.165, 1.54) is 24.3 Å². The third-order valence-corrected chi connectivity index (χ3v) is 7.08. The molecule has 0 spiro atoms. The van der Waals surface area contributed by atoms with Crippen LogP contribution in [0.15, 0.2) is 48.5 Å². The summed E-state index contributed by atoms with van der Waals surface area (Å²) in [5.41, 5.74) is 4.70. The quantitative estimate of drug-likeness (QED) is 0.0528. The summed E-state index contributed by atoms with van der Waals surface area (Å²) in [6, 6.07) is 9.62. The Balaban J connectivity index is 1.59. The minimum Gasteiger partial charge on any atom is -0.429 e. The predicted octanol–water partition coefficient (Wildman–Crippen LogP) is 2.88. The number of nitro benzene ring substituents is 1. The van der Waals surface area contributed by atoms with Crippen molar-refractivity contribution in [3.8, 4) is 5.75 Å². The highest BCUT2D eigenvalue weighted by molar-refractivity contribution is 6.07. The van der Waals surface area contributed by atoms with Gasteiger partial charge in [-0.05, 0) is 62.4 Å². The van der Waals surface area contributed by atoms with Crippen molar-refractivity contribution in [3.05, 3.63) is 64.2 Å². The van der Waals surface area contributed by atoms with Gasteiger partial charge in [0.05, 0.1) is 4.92 Å². The highest BCUT2D eigenvalue weighted by atomic mass is 16.7. The lowest BCUT2D eigenvalue weighted by Gasteiger charge is -2.29. The number of amides is 5. The van der Waals surface area contributed by atoms with Gasteiger partial charge in [-0.1, -0.05) is 25.0 Å². The van der Waals surface area contributed by atoms with E-state index in [4.69, 9.17) is 15.2 Å². The second kappa shape index (κ2) is 15.9. The molecule has 15 nitrogen and oxygen atoms in total. The Morgan fingerprint density at radius 3 is 2.23 bits per heavy atom. The largest absolute Gasteiger partial charge is 0.514 e. The standard InChI is InChI=1S/C29H36N6O9/c1-2-31-25(37)29(15-3-4-16-29)26(38)34-23(6-5-17-32-27(30)39)24(36)33-20-9-7-19(8-10-20)18-43-28(40)44-22-13-11-21(12-14-22)35(41)42/h7-14,23H,2-6,15-18H2,1H3,(H,31,37)(H,33,36)(H,34,38)(H3,30,32,39)/t23-/m0/s1. The van der Waals surface area contributed by atoms with Crippen molar-refractivity contribution in [1.82, 2.24) is 16.0 Å². The number of anilines is 1. The summed E-state index contributed by atoms with van der Waals surface area (Å²) in [6.07, 6.45) is 1.70. The van der Waals surface area contributed by atoms with E-state index in [1.54, 1.807) is 31.2 Å². The van der Waals surface area contributed by atoms with Crippen molar-refractivity contribution in [2.75, 3.05) is 18.4 Å². The van der Waals surface area contributed by atoms with Gasteiger partial charge in [-0.3, -0.25) is 24.5 Å². The molecule has 0 bridgehead atoms. The van der Waals surface area contributed by atoms with Crippen LogP contribution in [0.1, 0.15) is 51.0 Å². The molecule has 0 aromatic heterocycles. The zero-order valence-corrected chi connectivity index (χ0v) is 24.3. The second-order valence-corrected chi connectivity index (χ2v) is 10.2. The Labute approximate surface area is 253 Å². The molecular formula is C29H36N6O9. The van der Waals surface area contributed by atoms with E-state index in [-0.39, 0.29) is 36.9 Å². The zero-order valence-electron chi connectivity index (χ0n) is 24.3. The van der Waals surface area contributed by atoms with Crippen molar-refractivity contribution < 1.29 is 38.4 Å². The molecule has 44 heavy (non-hydrogen) atoms. The summed E-state index contributed by atoms with van der Waals surface area (Å²) in [6.45, 7) is 2.19. The number of primary amides is 1. The van der Waals surface area contributed by atoms with Gasteiger partial charge < -0.3 is 36.5 Å². The maximum atomic E-state index is 13.4. The second-order valence-electron chi connectivity index (χ2n) is 10.2. The normalized spacial score (nSPS) is 14.0. The number of urea groups is 1. The molecule has 1 fully saturated rings. The Morgan fingerprint density at radius 1 is 0.977 bits per heavy atom. The van der Waals surface area contributed by atoms with Crippen molar-refractivity contribution in [2.45, 2.75) is 58.1 Å². The van der Waals surface area contributed by atoms with Gasteiger partial charge in [0.25, 0.3) is 5.69 Å². The fourth-order valence-corrected chi connectivity index (χ4v) is 4.77. The minimum absolute atomic E-state index is 0.0792. The lowest BCUT2D eigenvalue weighted by Crippen LogP contribution is -2.54. The van der Waals surface area contributed by atoms with Gasteiger partial charge in [0.15, 0.2) is 0 Å². The third kappa shape index (κ3) is 9.40. The van der Waals surface area contributed by atoms with Crippen LogP contribution in [-0.4, -0.2) is 54.0 Å². The molecule has 0 heterocycles. The number of hydrogen-bond acceptors (Lipinski definition) is 9. The number of nitro groups is 1. The molecule has 0 aliphatic heterocycles. The smallest absolute Gasteiger partial charge is 0.429 e. The van der Waals surface area contributed by atoms with Crippen molar-refractivity contribution in [3.63, 3.8) is 0 Å². The molecule has 236 valence electrons. The Hall–Kier alpha value is -5.21. The summed E-state index contributed by atoms with van der Waals surface area (Å²) in [4.78, 5) is 72.7. The lowest BCUT2D eigenvalue weighted by atomic mass is 9.83. The van der Waals surface area contributed by atoms with E-state index in [2.05, 4.69) is 21.3 Å². The van der Waals surface area contributed by atoms with Crippen LogP contribution in [0.2, 0.25) is 0 Å². The number of nitrogens with one attached hydrogen (secondary N) is 4. The van der Waals surface area contributed by atoms with Gasteiger partial charge in [-0.15, -0.1) is 0 Å². The number of benzene rings is 2. The maximum absolute atomic E-state index is 13.4. The van der Waals surface area contributed by atoms with Crippen LogP contribution in [0.4, 0.5) is 21.0 Å². The van der Waals surface area contributed by atoms with Crippen LogP contribution >= 0.6 is 0 Å². The lowest BCUT2D eigenvalue weighted by molar-refractivity contribution is -0.384. The zero-order chi connectivity index (χ0) is 32.1. The van der Waals surface area contributed by atoms with E-state index < -0.39 is 40.4 Å². The summed E-state index contributed by atoms with van der Waals surface area (Å²) < 4.78 is 10.1. The van der Waals surface area contributed by atoms with Crippen molar-refractivity contribution >= 4 is 41.3 Å². The molecule has 15 heteroatoms. The molecule has 2 aromatic rings. The number of carbonyl (C=O) groups excluding carboxylic acids is 5. The predicted molar refractivity (Wildman–Crippen MR) is 157 cm³/mol. The number of nitrogens with two attached hydrogens (primary N) is 1. The van der Waals surface area contributed by atoms with E-state index in [0.717, 1.165) is 12.8 Å². The molecule has 1 saturated carbocycles. The first-order chi connectivity index (χ1) is 21.0.